The van der Waals surface area contributed by atoms with Gasteiger partial charge in [-0.2, -0.15) is 0 Å². The van der Waals surface area contributed by atoms with Crippen LogP contribution in [0.2, 0.25) is 0 Å². The highest BCUT2D eigenvalue weighted by Gasteiger charge is 2.21. The molecule has 1 amide bonds. The average Bonchev–Trinajstić information content (AvgIpc) is 2.87. The van der Waals surface area contributed by atoms with Crippen LogP contribution >= 0.6 is 0 Å². The first kappa shape index (κ1) is 25.8. The van der Waals surface area contributed by atoms with Crippen molar-refractivity contribution >= 4 is 22.6 Å². The summed E-state index contributed by atoms with van der Waals surface area (Å²) in [4.78, 5) is 26.3. The van der Waals surface area contributed by atoms with Crippen molar-refractivity contribution in [2.24, 2.45) is 0 Å². The second-order valence-corrected chi connectivity index (χ2v) is 9.21. The lowest BCUT2D eigenvalue weighted by Gasteiger charge is -2.32. The topological polar surface area (TPSA) is 77.1 Å². The Balaban J connectivity index is 1.28. The number of carbonyl (C=O) groups is 2. The smallest absolute Gasteiger partial charge is 0.308 e. The highest BCUT2D eigenvalue weighted by molar-refractivity contribution is 5.95. The van der Waals surface area contributed by atoms with Gasteiger partial charge in [0.25, 0.3) is 5.91 Å². The number of hydrogen-bond acceptors (Lipinski definition) is 6. The van der Waals surface area contributed by atoms with E-state index in [1.807, 2.05) is 0 Å². The number of nitrogens with zero attached hydrogens (tertiary/aromatic N) is 1. The molecule has 0 aromatic heterocycles. The number of amides is 1. The van der Waals surface area contributed by atoms with Crippen LogP contribution in [0, 0.1) is 0 Å². The molecule has 0 bridgehead atoms. The SMILES string of the molecule is COCCOCc1ccc2ccc(CN3CCC(NC(=O)c4cccc(OC(C)=O)c4)CC3)cc2c1. The number of methoxy groups -OCH3 is 1. The molecule has 0 unspecified atom stereocenters. The number of likely N-dealkylation sites (tertiary alicyclic amines) is 1. The number of esters is 1. The number of benzene rings is 3. The quantitative estimate of drug-likeness (QED) is 0.259. The Morgan fingerprint density at radius 3 is 2.44 bits per heavy atom. The molecule has 0 atom stereocenters. The maximum atomic E-state index is 12.7. The standard InChI is InChI=1S/C29H34N2O5/c1-21(32)36-28-5-3-4-25(18-28)29(33)30-27-10-12-31(13-11-27)19-22-6-8-24-9-7-23(17-26(24)16-22)20-35-15-14-34-2/h3-9,16-18,27H,10-15,19-20H2,1-2H3,(H,30,33). The molecule has 1 saturated heterocycles. The molecule has 7 heteroatoms. The van der Waals surface area contributed by atoms with Crippen LogP contribution in [-0.2, 0) is 27.4 Å². The van der Waals surface area contributed by atoms with Gasteiger partial charge >= 0.3 is 5.97 Å². The lowest BCUT2D eigenvalue weighted by atomic mass is 10.0. The van der Waals surface area contributed by atoms with E-state index in [0.29, 0.717) is 31.1 Å². The van der Waals surface area contributed by atoms with Crippen molar-refractivity contribution in [3.63, 3.8) is 0 Å². The van der Waals surface area contributed by atoms with Gasteiger partial charge in [-0.05, 0) is 65.1 Å². The molecule has 1 aliphatic rings. The molecule has 0 radical (unpaired) electrons. The highest BCUT2D eigenvalue weighted by Crippen LogP contribution is 2.21. The van der Waals surface area contributed by atoms with Crippen LogP contribution in [0.5, 0.6) is 5.75 Å². The molecule has 0 aliphatic carbocycles. The van der Waals surface area contributed by atoms with Crippen molar-refractivity contribution in [2.45, 2.75) is 39.0 Å². The van der Waals surface area contributed by atoms with Gasteiger partial charge in [0, 0.05) is 45.3 Å². The van der Waals surface area contributed by atoms with Gasteiger partial charge in [0.15, 0.2) is 0 Å². The molecular formula is C29H34N2O5. The number of ether oxygens (including phenoxy) is 3. The first-order valence-electron chi connectivity index (χ1n) is 12.4. The lowest BCUT2D eigenvalue weighted by molar-refractivity contribution is -0.131. The predicted molar refractivity (Wildman–Crippen MR) is 139 cm³/mol. The number of rotatable bonds is 10. The van der Waals surface area contributed by atoms with Gasteiger partial charge in [-0.15, -0.1) is 0 Å². The second-order valence-electron chi connectivity index (χ2n) is 9.21. The predicted octanol–water partition coefficient (Wildman–Crippen LogP) is 4.32. The Kier molecular flexibility index (Phi) is 9.06. The molecular weight excluding hydrogens is 456 g/mol. The minimum Gasteiger partial charge on any atom is -0.427 e. The Bertz CT molecular complexity index is 1190. The highest BCUT2D eigenvalue weighted by atomic mass is 16.5. The van der Waals surface area contributed by atoms with Gasteiger partial charge in [-0.3, -0.25) is 14.5 Å². The summed E-state index contributed by atoms with van der Waals surface area (Å²) in [6.07, 6.45) is 1.79. The maximum absolute atomic E-state index is 12.7. The van der Waals surface area contributed by atoms with E-state index in [1.54, 1.807) is 31.4 Å². The lowest BCUT2D eigenvalue weighted by Crippen LogP contribution is -2.44. The summed E-state index contributed by atoms with van der Waals surface area (Å²) in [5, 5.41) is 5.57. The zero-order valence-electron chi connectivity index (χ0n) is 21.0. The number of piperidine rings is 1. The van der Waals surface area contributed by atoms with Crippen molar-refractivity contribution in [3.8, 4) is 5.75 Å². The second kappa shape index (κ2) is 12.6. The zero-order chi connectivity index (χ0) is 25.3. The Labute approximate surface area is 212 Å². The molecule has 7 nitrogen and oxygen atoms in total. The summed E-state index contributed by atoms with van der Waals surface area (Å²) >= 11 is 0. The van der Waals surface area contributed by atoms with E-state index >= 15 is 0 Å². The van der Waals surface area contributed by atoms with Gasteiger partial charge in [0.1, 0.15) is 5.75 Å². The first-order valence-corrected chi connectivity index (χ1v) is 12.4. The van der Waals surface area contributed by atoms with Crippen molar-refractivity contribution < 1.29 is 23.8 Å². The minimum atomic E-state index is -0.404. The maximum Gasteiger partial charge on any atom is 0.308 e. The Hall–Kier alpha value is -3.26. The van der Waals surface area contributed by atoms with E-state index in [2.05, 4.69) is 46.6 Å². The van der Waals surface area contributed by atoms with Crippen LogP contribution in [-0.4, -0.2) is 56.2 Å². The van der Waals surface area contributed by atoms with Gasteiger partial charge in [-0.25, -0.2) is 0 Å². The van der Waals surface area contributed by atoms with Gasteiger partial charge in [0.2, 0.25) is 0 Å². The van der Waals surface area contributed by atoms with Crippen LogP contribution in [0.25, 0.3) is 10.8 Å². The molecule has 1 N–H and O–H groups in total. The van der Waals surface area contributed by atoms with Crippen LogP contribution in [0.1, 0.15) is 41.3 Å². The molecule has 1 heterocycles. The summed E-state index contributed by atoms with van der Waals surface area (Å²) in [6.45, 7) is 5.84. The average molecular weight is 491 g/mol. The van der Waals surface area contributed by atoms with Crippen LogP contribution in [0.15, 0.2) is 60.7 Å². The van der Waals surface area contributed by atoms with Crippen molar-refractivity contribution in [2.75, 3.05) is 33.4 Å². The molecule has 3 aromatic carbocycles. The fraction of sp³-hybridized carbons (Fsp3) is 0.379. The summed E-state index contributed by atoms with van der Waals surface area (Å²) < 4.78 is 15.8. The van der Waals surface area contributed by atoms with Crippen molar-refractivity contribution in [1.82, 2.24) is 10.2 Å². The molecule has 0 spiro atoms. The summed E-state index contributed by atoms with van der Waals surface area (Å²) in [7, 11) is 1.67. The van der Waals surface area contributed by atoms with Gasteiger partial charge < -0.3 is 19.5 Å². The van der Waals surface area contributed by atoms with E-state index in [-0.39, 0.29) is 11.9 Å². The van der Waals surface area contributed by atoms with Crippen LogP contribution in [0.3, 0.4) is 0 Å². The molecule has 1 aliphatic heterocycles. The first-order chi connectivity index (χ1) is 17.5. The van der Waals surface area contributed by atoms with Gasteiger partial charge in [-0.1, -0.05) is 30.3 Å². The third-order valence-electron chi connectivity index (χ3n) is 6.36. The van der Waals surface area contributed by atoms with Crippen molar-refractivity contribution in [1.29, 1.82) is 0 Å². The number of nitrogens with one attached hydrogen (secondary N) is 1. The Morgan fingerprint density at radius 2 is 1.69 bits per heavy atom. The Morgan fingerprint density at radius 1 is 0.944 bits per heavy atom. The molecule has 36 heavy (non-hydrogen) atoms. The monoisotopic (exact) mass is 490 g/mol. The normalized spacial score (nSPS) is 14.6. The third kappa shape index (κ3) is 7.37. The summed E-state index contributed by atoms with van der Waals surface area (Å²) in [5.74, 6) is -0.163. The van der Waals surface area contributed by atoms with Gasteiger partial charge in [0.05, 0.1) is 19.8 Å². The van der Waals surface area contributed by atoms with Crippen LogP contribution < -0.4 is 10.1 Å². The molecule has 3 aromatic rings. The van der Waals surface area contributed by atoms with E-state index in [1.165, 1.54) is 23.3 Å². The van der Waals surface area contributed by atoms with E-state index < -0.39 is 5.97 Å². The fourth-order valence-electron chi connectivity index (χ4n) is 4.50. The molecule has 1 fully saturated rings. The van der Waals surface area contributed by atoms with Crippen molar-refractivity contribution in [3.05, 3.63) is 77.4 Å². The number of hydrogen-bond donors (Lipinski definition) is 1. The fourth-order valence-corrected chi connectivity index (χ4v) is 4.50. The van der Waals surface area contributed by atoms with Crippen LogP contribution in [0.4, 0.5) is 0 Å². The zero-order valence-corrected chi connectivity index (χ0v) is 21.0. The van der Waals surface area contributed by atoms with E-state index in [9.17, 15) is 9.59 Å². The third-order valence-corrected chi connectivity index (χ3v) is 6.36. The molecule has 4 rings (SSSR count). The van der Waals surface area contributed by atoms with E-state index in [0.717, 1.165) is 38.0 Å². The van der Waals surface area contributed by atoms with E-state index in [4.69, 9.17) is 14.2 Å². The molecule has 0 saturated carbocycles. The molecule has 190 valence electrons. The minimum absolute atomic E-state index is 0.128. The summed E-state index contributed by atoms with van der Waals surface area (Å²) in [5.41, 5.74) is 2.94. The number of carbonyl (C=O) groups excluding carboxylic acids is 2. The number of fused-ring (bicyclic) bond motifs is 1. The largest absolute Gasteiger partial charge is 0.427 e. The summed E-state index contributed by atoms with van der Waals surface area (Å²) in [6, 6.07) is 19.9.